The molecule has 6 heteroatoms. The van der Waals surface area contributed by atoms with Gasteiger partial charge >= 0.3 is 0 Å². The second kappa shape index (κ2) is 6.72. The van der Waals surface area contributed by atoms with Crippen LogP contribution in [0.2, 0.25) is 0 Å². The zero-order valence-corrected chi connectivity index (χ0v) is 14.6. The zero-order chi connectivity index (χ0) is 18.1. The summed E-state index contributed by atoms with van der Waals surface area (Å²) in [4.78, 5) is 27.2. The first kappa shape index (κ1) is 16.5. The third-order valence-electron chi connectivity index (χ3n) is 4.97. The zero-order valence-electron chi connectivity index (χ0n) is 14.6. The number of carbonyl (C=O) groups is 1. The fourth-order valence-corrected chi connectivity index (χ4v) is 3.55. The van der Waals surface area contributed by atoms with Gasteiger partial charge in [-0.25, -0.2) is 4.68 Å². The number of hydrogen-bond acceptors (Lipinski definition) is 4. The minimum absolute atomic E-state index is 0.0478. The summed E-state index contributed by atoms with van der Waals surface area (Å²) in [5, 5.41) is 8.50. The Balaban J connectivity index is 1.70. The number of nitrogens with zero attached hydrogens (tertiary/aromatic N) is 3. The summed E-state index contributed by atoms with van der Waals surface area (Å²) in [6, 6.07) is 15.2. The van der Waals surface area contributed by atoms with Crippen molar-refractivity contribution in [3.63, 3.8) is 0 Å². The molecule has 1 aromatic heterocycles. The summed E-state index contributed by atoms with van der Waals surface area (Å²) in [5.41, 5.74) is 2.22. The first-order chi connectivity index (χ1) is 12.7. The molecule has 1 atom stereocenters. The average Bonchev–Trinajstić information content (AvgIpc) is 2.69. The SMILES string of the molecule is CNC(=O)[C@H]1Cc2ccccc2CN1Cn1ncc2ccccc2c1=O. The maximum Gasteiger partial charge on any atom is 0.275 e. The van der Waals surface area contributed by atoms with Crippen molar-refractivity contribution in [2.45, 2.75) is 25.7 Å². The quantitative estimate of drug-likeness (QED) is 0.779. The van der Waals surface area contributed by atoms with Crippen molar-refractivity contribution in [2.75, 3.05) is 7.05 Å². The molecule has 0 bridgehead atoms. The van der Waals surface area contributed by atoms with Gasteiger partial charge in [0.05, 0.1) is 24.3 Å². The van der Waals surface area contributed by atoms with Crippen LogP contribution >= 0.6 is 0 Å². The highest BCUT2D eigenvalue weighted by atomic mass is 16.2. The van der Waals surface area contributed by atoms with Gasteiger partial charge in [-0.2, -0.15) is 5.10 Å². The molecule has 6 nitrogen and oxygen atoms in total. The molecule has 26 heavy (non-hydrogen) atoms. The Bertz CT molecular complexity index is 1030. The number of aromatic nitrogens is 2. The average molecular weight is 348 g/mol. The minimum atomic E-state index is -0.324. The lowest BCUT2D eigenvalue weighted by atomic mass is 9.94. The predicted octanol–water partition coefficient (Wildman–Crippen LogP) is 1.53. The number of likely N-dealkylation sites (N-methyl/N-ethyl adjacent to an activating group) is 1. The number of fused-ring (bicyclic) bond motifs is 2. The van der Waals surface area contributed by atoms with Gasteiger partial charge in [0, 0.05) is 19.0 Å². The summed E-state index contributed by atoms with van der Waals surface area (Å²) in [7, 11) is 1.64. The standard InChI is InChI=1S/C20H20N4O2/c1-21-19(25)18-10-14-6-2-3-8-16(14)12-23(18)13-24-20(26)17-9-5-4-7-15(17)11-22-24/h2-9,11,18H,10,12-13H2,1H3,(H,21,25)/t18-/m1/s1. The molecule has 2 aromatic carbocycles. The summed E-state index contributed by atoms with van der Waals surface area (Å²) >= 11 is 0. The molecule has 2 heterocycles. The van der Waals surface area contributed by atoms with E-state index in [2.05, 4.69) is 22.5 Å². The van der Waals surface area contributed by atoms with Gasteiger partial charge in [0.25, 0.3) is 5.56 Å². The van der Waals surface area contributed by atoms with Crippen LogP contribution in [0.15, 0.2) is 59.5 Å². The van der Waals surface area contributed by atoms with Crippen LogP contribution < -0.4 is 10.9 Å². The Kier molecular flexibility index (Phi) is 4.26. The first-order valence-corrected chi connectivity index (χ1v) is 8.64. The fourth-order valence-electron chi connectivity index (χ4n) is 3.55. The van der Waals surface area contributed by atoms with Crippen LogP contribution in [0.1, 0.15) is 11.1 Å². The van der Waals surface area contributed by atoms with E-state index in [1.807, 2.05) is 35.2 Å². The summed E-state index contributed by atoms with van der Waals surface area (Å²) in [6.45, 7) is 0.880. The molecule has 0 radical (unpaired) electrons. The van der Waals surface area contributed by atoms with Gasteiger partial charge < -0.3 is 5.32 Å². The number of nitrogens with one attached hydrogen (secondary N) is 1. The second-order valence-corrected chi connectivity index (χ2v) is 6.53. The van der Waals surface area contributed by atoms with Crippen LogP contribution in [-0.4, -0.2) is 33.7 Å². The van der Waals surface area contributed by atoms with Gasteiger partial charge in [-0.3, -0.25) is 14.5 Å². The van der Waals surface area contributed by atoms with Gasteiger partial charge in [-0.15, -0.1) is 0 Å². The van der Waals surface area contributed by atoms with E-state index in [0.29, 0.717) is 18.4 Å². The lowest BCUT2D eigenvalue weighted by Crippen LogP contribution is -2.51. The molecule has 0 saturated heterocycles. The molecule has 0 fully saturated rings. The molecule has 0 saturated carbocycles. The topological polar surface area (TPSA) is 67.2 Å². The van der Waals surface area contributed by atoms with Crippen LogP contribution in [-0.2, 0) is 24.4 Å². The number of rotatable bonds is 3. The minimum Gasteiger partial charge on any atom is -0.358 e. The van der Waals surface area contributed by atoms with Crippen molar-refractivity contribution in [3.05, 3.63) is 76.2 Å². The molecule has 3 aromatic rings. The lowest BCUT2D eigenvalue weighted by Gasteiger charge is -2.35. The maximum atomic E-state index is 12.8. The predicted molar refractivity (Wildman–Crippen MR) is 99.5 cm³/mol. The fraction of sp³-hybridized carbons (Fsp3) is 0.250. The maximum absolute atomic E-state index is 12.8. The van der Waals surface area contributed by atoms with Crippen LogP contribution in [0, 0.1) is 0 Å². The Morgan fingerprint density at radius 3 is 2.69 bits per heavy atom. The number of benzene rings is 2. The van der Waals surface area contributed by atoms with Crippen LogP contribution in [0.4, 0.5) is 0 Å². The monoisotopic (exact) mass is 348 g/mol. The normalized spacial score (nSPS) is 17.0. The molecule has 0 aliphatic carbocycles. The molecular formula is C20H20N4O2. The number of carbonyl (C=O) groups excluding carboxylic acids is 1. The first-order valence-electron chi connectivity index (χ1n) is 8.64. The molecule has 132 valence electrons. The highest BCUT2D eigenvalue weighted by Crippen LogP contribution is 2.23. The van der Waals surface area contributed by atoms with E-state index in [9.17, 15) is 9.59 Å². The van der Waals surface area contributed by atoms with Crippen molar-refractivity contribution in [1.82, 2.24) is 20.0 Å². The number of hydrogen-bond donors (Lipinski definition) is 1. The van der Waals surface area contributed by atoms with Crippen LogP contribution in [0.25, 0.3) is 10.8 Å². The van der Waals surface area contributed by atoms with Crippen molar-refractivity contribution >= 4 is 16.7 Å². The summed E-state index contributed by atoms with van der Waals surface area (Å²) in [5.74, 6) is -0.0478. The van der Waals surface area contributed by atoms with E-state index in [1.54, 1.807) is 19.3 Å². The van der Waals surface area contributed by atoms with E-state index >= 15 is 0 Å². The smallest absolute Gasteiger partial charge is 0.275 e. The Hall–Kier alpha value is -2.99. The third-order valence-corrected chi connectivity index (χ3v) is 4.97. The van der Waals surface area contributed by atoms with E-state index < -0.39 is 0 Å². The van der Waals surface area contributed by atoms with Gasteiger partial charge in [0.1, 0.15) is 0 Å². The highest BCUT2D eigenvalue weighted by molar-refractivity contribution is 5.82. The Morgan fingerprint density at radius 2 is 1.88 bits per heavy atom. The van der Waals surface area contributed by atoms with Gasteiger partial charge in [-0.05, 0) is 23.6 Å². The summed E-state index contributed by atoms with van der Waals surface area (Å²) in [6.07, 6.45) is 2.32. The van der Waals surface area contributed by atoms with Crippen LogP contribution in [0.3, 0.4) is 0 Å². The molecule has 0 spiro atoms. The molecule has 0 unspecified atom stereocenters. The molecule has 1 aliphatic rings. The van der Waals surface area contributed by atoms with Crippen molar-refractivity contribution in [3.8, 4) is 0 Å². The van der Waals surface area contributed by atoms with Crippen molar-refractivity contribution in [2.24, 2.45) is 0 Å². The Labute approximate surface area is 151 Å². The van der Waals surface area contributed by atoms with E-state index in [4.69, 9.17) is 0 Å². The van der Waals surface area contributed by atoms with E-state index in [0.717, 1.165) is 5.39 Å². The molecular weight excluding hydrogens is 328 g/mol. The molecule has 4 rings (SSSR count). The van der Waals surface area contributed by atoms with Gasteiger partial charge in [0.15, 0.2) is 0 Å². The molecule has 1 aliphatic heterocycles. The largest absolute Gasteiger partial charge is 0.358 e. The molecule has 1 N–H and O–H groups in total. The van der Waals surface area contributed by atoms with E-state index in [-0.39, 0.29) is 24.2 Å². The highest BCUT2D eigenvalue weighted by Gasteiger charge is 2.31. The Morgan fingerprint density at radius 1 is 1.15 bits per heavy atom. The second-order valence-electron chi connectivity index (χ2n) is 6.53. The lowest BCUT2D eigenvalue weighted by molar-refractivity contribution is -0.127. The summed E-state index contributed by atoms with van der Waals surface area (Å²) < 4.78 is 1.44. The third kappa shape index (κ3) is 2.88. The van der Waals surface area contributed by atoms with Crippen molar-refractivity contribution < 1.29 is 4.79 Å². The van der Waals surface area contributed by atoms with Gasteiger partial charge in [0.2, 0.25) is 5.91 Å². The van der Waals surface area contributed by atoms with E-state index in [1.165, 1.54) is 15.8 Å². The van der Waals surface area contributed by atoms with Gasteiger partial charge in [-0.1, -0.05) is 42.5 Å². The molecule has 1 amide bonds. The van der Waals surface area contributed by atoms with Crippen molar-refractivity contribution in [1.29, 1.82) is 0 Å². The number of amides is 1. The van der Waals surface area contributed by atoms with Crippen LogP contribution in [0.5, 0.6) is 0 Å².